The lowest BCUT2D eigenvalue weighted by atomic mass is 10.0. The van der Waals surface area contributed by atoms with Crippen molar-refractivity contribution in [1.29, 1.82) is 0 Å². The number of rotatable bonds is 13. The van der Waals surface area contributed by atoms with E-state index in [1.165, 1.54) is 36.3 Å². The molecule has 1 fully saturated rings. The van der Waals surface area contributed by atoms with E-state index in [4.69, 9.17) is 0 Å². The van der Waals surface area contributed by atoms with Crippen LogP contribution in [-0.2, 0) is 35.2 Å². The van der Waals surface area contributed by atoms with Crippen LogP contribution in [0.25, 0.3) is 6.08 Å². The highest BCUT2D eigenvalue weighted by Gasteiger charge is 2.34. The SMILES string of the molecule is CCCCCc1ccc(CN(C(=O)/C=C/c2ccc(C(F)(F)F)cc2)[C@@H](Cc2ccccc2)C(=O)N2CCN(CC)CC2)cc1. The predicted octanol–water partition coefficient (Wildman–Crippen LogP) is 7.26. The van der Waals surface area contributed by atoms with Crippen molar-refractivity contribution in [3.8, 4) is 0 Å². The van der Waals surface area contributed by atoms with Crippen molar-refractivity contribution >= 4 is 17.9 Å². The summed E-state index contributed by atoms with van der Waals surface area (Å²) in [6.45, 7) is 8.17. The molecule has 0 spiro atoms. The first-order valence-corrected chi connectivity index (χ1v) is 16.0. The first kappa shape index (κ1) is 34.0. The third kappa shape index (κ3) is 10.0. The largest absolute Gasteiger partial charge is 0.416 e. The normalized spacial score (nSPS) is 14.9. The zero-order chi connectivity index (χ0) is 32.2. The van der Waals surface area contributed by atoms with Crippen LogP contribution < -0.4 is 0 Å². The van der Waals surface area contributed by atoms with Crippen LogP contribution >= 0.6 is 0 Å². The van der Waals surface area contributed by atoms with Gasteiger partial charge in [0.25, 0.3) is 0 Å². The van der Waals surface area contributed by atoms with Crippen molar-refractivity contribution in [1.82, 2.24) is 14.7 Å². The third-order valence-corrected chi connectivity index (χ3v) is 8.45. The number of carbonyl (C=O) groups is 2. The number of carbonyl (C=O) groups excluding carboxylic acids is 2. The minimum Gasteiger partial charge on any atom is -0.338 e. The second-order valence-electron chi connectivity index (χ2n) is 11.7. The molecule has 0 unspecified atom stereocenters. The summed E-state index contributed by atoms with van der Waals surface area (Å²) in [7, 11) is 0. The highest BCUT2D eigenvalue weighted by atomic mass is 19.4. The van der Waals surface area contributed by atoms with Gasteiger partial charge in [0.1, 0.15) is 6.04 Å². The molecule has 2 amide bonds. The van der Waals surface area contributed by atoms with Gasteiger partial charge in [-0.05, 0) is 59.8 Å². The van der Waals surface area contributed by atoms with E-state index in [0.717, 1.165) is 62.2 Å². The quantitative estimate of drug-likeness (QED) is 0.150. The van der Waals surface area contributed by atoms with Gasteiger partial charge in [0.2, 0.25) is 11.8 Å². The lowest BCUT2D eigenvalue weighted by Crippen LogP contribution is -2.56. The van der Waals surface area contributed by atoms with Gasteiger partial charge in [-0.15, -0.1) is 0 Å². The molecule has 3 aromatic carbocycles. The van der Waals surface area contributed by atoms with E-state index in [9.17, 15) is 22.8 Å². The molecule has 240 valence electrons. The Hall–Kier alpha value is -3.91. The molecule has 5 nitrogen and oxygen atoms in total. The van der Waals surface area contributed by atoms with Crippen molar-refractivity contribution in [3.63, 3.8) is 0 Å². The molecular formula is C37H44F3N3O2. The number of amides is 2. The highest BCUT2D eigenvalue weighted by Crippen LogP contribution is 2.29. The number of alkyl halides is 3. The molecule has 1 aliphatic heterocycles. The van der Waals surface area contributed by atoms with Crippen LogP contribution in [0.2, 0.25) is 0 Å². The first-order chi connectivity index (χ1) is 21.7. The second kappa shape index (κ2) is 16.4. The van der Waals surface area contributed by atoms with Crippen LogP contribution in [0.3, 0.4) is 0 Å². The number of nitrogens with zero attached hydrogens (tertiary/aromatic N) is 3. The average Bonchev–Trinajstić information content (AvgIpc) is 3.06. The molecule has 1 atom stereocenters. The van der Waals surface area contributed by atoms with Crippen LogP contribution in [0.1, 0.15) is 60.9 Å². The maximum absolute atomic E-state index is 14.2. The summed E-state index contributed by atoms with van der Waals surface area (Å²) in [5.41, 5.74) is 2.81. The summed E-state index contributed by atoms with van der Waals surface area (Å²) >= 11 is 0. The summed E-state index contributed by atoms with van der Waals surface area (Å²) in [6, 6.07) is 21.8. The number of hydrogen-bond donors (Lipinski definition) is 0. The number of aryl methyl sites for hydroxylation is 1. The molecule has 1 aliphatic rings. The van der Waals surface area contributed by atoms with E-state index in [1.54, 1.807) is 4.90 Å². The van der Waals surface area contributed by atoms with Crippen molar-refractivity contribution in [2.45, 2.75) is 64.7 Å². The molecule has 0 saturated carbocycles. The maximum atomic E-state index is 14.2. The zero-order valence-corrected chi connectivity index (χ0v) is 26.3. The second-order valence-corrected chi connectivity index (χ2v) is 11.7. The molecule has 0 aliphatic carbocycles. The van der Waals surface area contributed by atoms with Crippen LogP contribution in [0, 0.1) is 0 Å². The summed E-state index contributed by atoms with van der Waals surface area (Å²) in [6.07, 6.45) is 3.22. The Morgan fingerprint density at radius 2 is 1.47 bits per heavy atom. The Morgan fingerprint density at radius 1 is 0.822 bits per heavy atom. The molecular weight excluding hydrogens is 575 g/mol. The van der Waals surface area contributed by atoms with Crippen LogP contribution in [0.4, 0.5) is 13.2 Å². The number of benzene rings is 3. The Kier molecular flexibility index (Phi) is 12.4. The maximum Gasteiger partial charge on any atom is 0.416 e. The summed E-state index contributed by atoms with van der Waals surface area (Å²) < 4.78 is 39.2. The van der Waals surface area contributed by atoms with Crippen LogP contribution in [0.15, 0.2) is 84.9 Å². The minimum atomic E-state index is -4.44. The molecule has 0 N–H and O–H groups in total. The van der Waals surface area contributed by atoms with Crippen LogP contribution in [0.5, 0.6) is 0 Å². The Morgan fingerprint density at radius 3 is 2.07 bits per heavy atom. The van der Waals surface area contributed by atoms with Gasteiger partial charge in [-0.2, -0.15) is 13.2 Å². The summed E-state index contributed by atoms with van der Waals surface area (Å²) in [5, 5.41) is 0. The third-order valence-electron chi connectivity index (χ3n) is 8.45. The Labute approximate surface area is 265 Å². The van der Waals surface area contributed by atoms with Gasteiger partial charge >= 0.3 is 6.18 Å². The molecule has 1 saturated heterocycles. The summed E-state index contributed by atoms with van der Waals surface area (Å²) in [4.78, 5) is 34.0. The van der Waals surface area contributed by atoms with Crippen molar-refractivity contribution in [2.24, 2.45) is 0 Å². The van der Waals surface area contributed by atoms with Gasteiger partial charge < -0.3 is 14.7 Å². The van der Waals surface area contributed by atoms with Crippen LogP contribution in [-0.4, -0.2) is 65.3 Å². The number of halogens is 3. The summed E-state index contributed by atoms with van der Waals surface area (Å²) in [5.74, 6) is -0.467. The zero-order valence-electron chi connectivity index (χ0n) is 26.3. The fourth-order valence-electron chi connectivity index (χ4n) is 5.64. The van der Waals surface area contributed by atoms with Gasteiger partial charge in [0.05, 0.1) is 5.56 Å². The van der Waals surface area contributed by atoms with Gasteiger partial charge in [0.15, 0.2) is 0 Å². The first-order valence-electron chi connectivity index (χ1n) is 16.0. The lowest BCUT2D eigenvalue weighted by Gasteiger charge is -2.39. The fraction of sp³-hybridized carbons (Fsp3) is 0.405. The topological polar surface area (TPSA) is 43.9 Å². The van der Waals surface area contributed by atoms with Crippen molar-refractivity contribution in [2.75, 3.05) is 32.7 Å². The fourth-order valence-corrected chi connectivity index (χ4v) is 5.64. The molecule has 8 heteroatoms. The molecule has 1 heterocycles. The van der Waals surface area contributed by atoms with Gasteiger partial charge in [0, 0.05) is 45.2 Å². The Bertz CT molecular complexity index is 1380. The van der Waals surface area contributed by atoms with Crippen molar-refractivity contribution in [3.05, 3.63) is 113 Å². The lowest BCUT2D eigenvalue weighted by molar-refractivity contribution is -0.145. The molecule has 3 aromatic rings. The molecule has 0 bridgehead atoms. The van der Waals surface area contributed by atoms with E-state index < -0.39 is 17.8 Å². The predicted molar refractivity (Wildman–Crippen MR) is 173 cm³/mol. The van der Waals surface area contributed by atoms with E-state index in [2.05, 4.69) is 30.9 Å². The van der Waals surface area contributed by atoms with E-state index in [0.29, 0.717) is 25.1 Å². The molecule has 0 aromatic heterocycles. The monoisotopic (exact) mass is 619 g/mol. The smallest absolute Gasteiger partial charge is 0.338 e. The number of piperazine rings is 1. The van der Waals surface area contributed by atoms with Gasteiger partial charge in [-0.25, -0.2) is 0 Å². The molecule has 0 radical (unpaired) electrons. The number of unbranched alkanes of at least 4 members (excludes halogenated alkanes) is 2. The van der Waals surface area contributed by atoms with E-state index in [-0.39, 0.29) is 18.4 Å². The highest BCUT2D eigenvalue weighted by molar-refractivity contribution is 5.95. The molecule has 45 heavy (non-hydrogen) atoms. The molecule has 4 rings (SSSR count). The van der Waals surface area contributed by atoms with E-state index >= 15 is 0 Å². The standard InChI is InChI=1S/C37H44F3N3O2/c1-3-5-7-10-29-13-15-32(16-14-29)28-43(35(44)22-19-30-17-20-33(21-18-30)37(38,39)40)34(27-31-11-8-6-9-12-31)36(45)42-25-23-41(4-2)24-26-42/h6,8-9,11-22,34H,3-5,7,10,23-28H2,1-2H3/b22-19+/t34-/m0/s1. The van der Waals surface area contributed by atoms with E-state index in [1.807, 2.05) is 47.4 Å². The number of hydrogen-bond acceptors (Lipinski definition) is 3. The number of likely N-dealkylation sites (N-methyl/N-ethyl adjacent to an activating group) is 1. The van der Waals surface area contributed by atoms with Crippen molar-refractivity contribution < 1.29 is 22.8 Å². The minimum absolute atomic E-state index is 0.0953. The van der Waals surface area contributed by atoms with Gasteiger partial charge in [-0.3, -0.25) is 9.59 Å². The average molecular weight is 620 g/mol. The van der Waals surface area contributed by atoms with Gasteiger partial charge in [-0.1, -0.05) is 93.4 Å². The Balaban J connectivity index is 1.64.